The maximum absolute atomic E-state index is 11.8. The lowest BCUT2D eigenvalue weighted by Gasteiger charge is -2.19. The number of ketones is 1. The molecule has 2 N–H and O–H groups in total. The molecule has 1 aliphatic rings. The van der Waals surface area contributed by atoms with Gasteiger partial charge in [0.25, 0.3) is 0 Å². The van der Waals surface area contributed by atoms with E-state index in [1.54, 1.807) is 13.1 Å². The molecule has 0 aliphatic heterocycles. The smallest absolute Gasteiger partial charge is 0.321 e. The van der Waals surface area contributed by atoms with Crippen molar-refractivity contribution in [3.8, 4) is 0 Å². The average molecular weight is 262 g/mol. The predicted octanol–water partition coefficient (Wildman–Crippen LogP) is 1.66. The average Bonchev–Trinajstić information content (AvgIpc) is 2.40. The molecule has 0 heterocycles. The van der Waals surface area contributed by atoms with Crippen LogP contribution in [0.1, 0.15) is 28.8 Å². The van der Waals surface area contributed by atoms with Gasteiger partial charge in [0, 0.05) is 31.3 Å². The van der Waals surface area contributed by atoms with E-state index < -0.39 is 0 Å². The number of hydrogen-bond acceptors (Lipinski definition) is 3. The van der Waals surface area contributed by atoms with Crippen LogP contribution < -0.4 is 5.32 Å². The van der Waals surface area contributed by atoms with Crippen molar-refractivity contribution in [2.45, 2.75) is 19.3 Å². The molecule has 0 saturated carbocycles. The highest BCUT2D eigenvalue weighted by Crippen LogP contribution is 2.24. The van der Waals surface area contributed by atoms with Crippen molar-refractivity contribution < 1.29 is 14.7 Å². The van der Waals surface area contributed by atoms with Crippen molar-refractivity contribution in [2.75, 3.05) is 25.5 Å². The summed E-state index contributed by atoms with van der Waals surface area (Å²) < 4.78 is 0. The highest BCUT2D eigenvalue weighted by Gasteiger charge is 2.18. The summed E-state index contributed by atoms with van der Waals surface area (Å²) in [6, 6.07) is 5.15. The Bertz CT molecular complexity index is 499. The van der Waals surface area contributed by atoms with Gasteiger partial charge in [0.05, 0.1) is 6.61 Å². The van der Waals surface area contributed by atoms with Gasteiger partial charge in [-0.2, -0.15) is 0 Å². The Morgan fingerprint density at radius 2 is 2.21 bits per heavy atom. The van der Waals surface area contributed by atoms with Crippen molar-refractivity contribution in [1.29, 1.82) is 0 Å². The summed E-state index contributed by atoms with van der Waals surface area (Å²) in [5.41, 5.74) is 2.38. The van der Waals surface area contributed by atoms with E-state index in [1.165, 1.54) is 4.90 Å². The van der Waals surface area contributed by atoms with Crippen LogP contribution in [0.25, 0.3) is 0 Å². The maximum Gasteiger partial charge on any atom is 0.321 e. The van der Waals surface area contributed by atoms with Gasteiger partial charge in [-0.25, -0.2) is 4.79 Å². The van der Waals surface area contributed by atoms with Crippen LogP contribution in [0, 0.1) is 0 Å². The molecule has 1 aliphatic carbocycles. The van der Waals surface area contributed by atoms with Crippen LogP contribution in [-0.4, -0.2) is 42.0 Å². The summed E-state index contributed by atoms with van der Waals surface area (Å²) in [5.74, 6) is 0.140. The number of urea groups is 1. The van der Waals surface area contributed by atoms with Gasteiger partial charge in [0.1, 0.15) is 0 Å². The fourth-order valence-corrected chi connectivity index (χ4v) is 2.18. The predicted molar refractivity (Wildman–Crippen MR) is 72.4 cm³/mol. The van der Waals surface area contributed by atoms with E-state index in [2.05, 4.69) is 5.32 Å². The monoisotopic (exact) mass is 262 g/mol. The van der Waals surface area contributed by atoms with Crippen LogP contribution in [0.4, 0.5) is 10.5 Å². The van der Waals surface area contributed by atoms with Crippen molar-refractivity contribution in [3.05, 3.63) is 29.3 Å². The largest absolute Gasteiger partial charge is 0.395 e. The van der Waals surface area contributed by atoms with E-state index in [9.17, 15) is 9.59 Å². The van der Waals surface area contributed by atoms with Crippen LogP contribution in [0.2, 0.25) is 0 Å². The minimum Gasteiger partial charge on any atom is -0.395 e. The molecule has 5 nitrogen and oxygen atoms in total. The number of aliphatic hydroxyl groups is 1. The number of likely N-dealkylation sites (N-methyl/N-ethyl adjacent to an activating group) is 1. The number of rotatable bonds is 3. The lowest BCUT2D eigenvalue weighted by molar-refractivity contribution is 0.0972. The molecule has 0 unspecified atom stereocenters. The molecule has 2 rings (SSSR count). The maximum atomic E-state index is 11.8. The van der Waals surface area contributed by atoms with Gasteiger partial charge in [-0.3, -0.25) is 4.79 Å². The number of Topliss-reactive ketones (excluding diaryl/α,β-unsaturated/α-hetero) is 1. The zero-order valence-corrected chi connectivity index (χ0v) is 11.0. The minimum atomic E-state index is -0.294. The van der Waals surface area contributed by atoms with E-state index in [4.69, 9.17) is 5.11 Å². The minimum absolute atomic E-state index is 0.0768. The third kappa shape index (κ3) is 3.12. The number of hydrogen-bond donors (Lipinski definition) is 2. The summed E-state index contributed by atoms with van der Waals surface area (Å²) in [6.07, 6.45) is 2.39. The second-order valence-corrected chi connectivity index (χ2v) is 4.72. The van der Waals surface area contributed by atoms with E-state index in [-0.39, 0.29) is 25.0 Å². The Balaban J connectivity index is 2.12. The molecule has 0 spiro atoms. The van der Waals surface area contributed by atoms with Crippen LogP contribution in [-0.2, 0) is 6.42 Å². The fourth-order valence-electron chi connectivity index (χ4n) is 2.18. The number of aliphatic hydroxyl groups excluding tert-OH is 1. The number of fused-ring (bicyclic) bond motifs is 1. The molecule has 1 aromatic carbocycles. The molecule has 102 valence electrons. The zero-order chi connectivity index (χ0) is 13.8. The molecular weight excluding hydrogens is 244 g/mol. The van der Waals surface area contributed by atoms with Gasteiger partial charge in [-0.05, 0) is 30.5 Å². The quantitative estimate of drug-likeness (QED) is 0.870. The topological polar surface area (TPSA) is 69.6 Å². The second-order valence-electron chi connectivity index (χ2n) is 4.72. The first-order valence-corrected chi connectivity index (χ1v) is 6.41. The van der Waals surface area contributed by atoms with Crippen LogP contribution in [0.3, 0.4) is 0 Å². The van der Waals surface area contributed by atoms with E-state index in [1.807, 2.05) is 12.1 Å². The van der Waals surface area contributed by atoms with E-state index in [0.717, 1.165) is 18.4 Å². The van der Waals surface area contributed by atoms with Crippen molar-refractivity contribution in [2.24, 2.45) is 0 Å². The Kier molecular flexibility index (Phi) is 4.16. The van der Waals surface area contributed by atoms with Gasteiger partial charge in [-0.1, -0.05) is 6.07 Å². The number of nitrogens with one attached hydrogen (secondary N) is 1. The molecule has 0 atom stereocenters. The lowest BCUT2D eigenvalue weighted by atomic mass is 9.90. The van der Waals surface area contributed by atoms with Crippen LogP contribution >= 0.6 is 0 Å². The molecule has 0 radical (unpaired) electrons. The van der Waals surface area contributed by atoms with Gasteiger partial charge in [0.2, 0.25) is 0 Å². The molecule has 2 amide bonds. The Morgan fingerprint density at radius 1 is 1.42 bits per heavy atom. The summed E-state index contributed by atoms with van der Waals surface area (Å²) in [6.45, 7) is 0.197. The third-order valence-electron chi connectivity index (χ3n) is 3.29. The Labute approximate surface area is 112 Å². The van der Waals surface area contributed by atoms with E-state index >= 15 is 0 Å². The first-order valence-electron chi connectivity index (χ1n) is 6.41. The first-order chi connectivity index (χ1) is 9.11. The summed E-state index contributed by atoms with van der Waals surface area (Å²) in [7, 11) is 1.61. The second kappa shape index (κ2) is 5.84. The third-order valence-corrected chi connectivity index (χ3v) is 3.29. The molecule has 0 saturated heterocycles. The highest BCUT2D eigenvalue weighted by atomic mass is 16.3. The number of carbonyl (C=O) groups excluding carboxylic acids is 2. The summed E-state index contributed by atoms with van der Waals surface area (Å²) in [4.78, 5) is 25.0. The normalized spacial score (nSPS) is 13.9. The van der Waals surface area contributed by atoms with Crippen molar-refractivity contribution in [3.63, 3.8) is 0 Å². The van der Waals surface area contributed by atoms with Crippen LogP contribution in [0.15, 0.2) is 18.2 Å². The van der Waals surface area contributed by atoms with Gasteiger partial charge in [-0.15, -0.1) is 0 Å². The lowest BCUT2D eigenvalue weighted by Crippen LogP contribution is -2.33. The Hall–Kier alpha value is -1.88. The number of carbonyl (C=O) groups is 2. The molecule has 19 heavy (non-hydrogen) atoms. The molecule has 0 bridgehead atoms. The van der Waals surface area contributed by atoms with Crippen molar-refractivity contribution >= 4 is 17.5 Å². The number of aryl methyl sites for hydroxylation is 1. The van der Waals surface area contributed by atoms with Gasteiger partial charge in [0.15, 0.2) is 5.78 Å². The molecular formula is C14H18N2O3. The van der Waals surface area contributed by atoms with Gasteiger partial charge >= 0.3 is 6.03 Å². The zero-order valence-electron chi connectivity index (χ0n) is 11.0. The molecule has 0 aromatic heterocycles. The molecule has 1 aromatic rings. The number of nitrogens with zero attached hydrogens (tertiary/aromatic N) is 1. The number of anilines is 1. The number of benzene rings is 1. The standard InChI is InChI=1S/C14H18N2O3/c1-16(7-8-17)14(19)15-11-6-5-10-3-2-4-13(18)12(10)9-11/h5-6,9,17H,2-4,7-8H2,1H3,(H,15,19). The van der Waals surface area contributed by atoms with Crippen molar-refractivity contribution in [1.82, 2.24) is 4.90 Å². The highest BCUT2D eigenvalue weighted by molar-refractivity contribution is 6.00. The number of amides is 2. The first kappa shape index (κ1) is 13.5. The SMILES string of the molecule is CN(CCO)C(=O)Nc1ccc2c(c1)C(=O)CCC2. The van der Waals surface area contributed by atoms with Crippen LogP contribution in [0.5, 0.6) is 0 Å². The van der Waals surface area contributed by atoms with Gasteiger partial charge < -0.3 is 15.3 Å². The Morgan fingerprint density at radius 3 is 2.95 bits per heavy atom. The molecule has 0 fully saturated rings. The summed E-state index contributed by atoms with van der Waals surface area (Å²) >= 11 is 0. The summed E-state index contributed by atoms with van der Waals surface area (Å²) in [5, 5.41) is 11.5. The van der Waals surface area contributed by atoms with E-state index in [0.29, 0.717) is 17.7 Å². The fraction of sp³-hybridized carbons (Fsp3) is 0.429. The molecule has 5 heteroatoms.